The van der Waals surface area contributed by atoms with E-state index in [1.165, 1.54) is 12.7 Å². The van der Waals surface area contributed by atoms with Crippen LogP contribution in [0.4, 0.5) is 0 Å². The maximum Gasteiger partial charge on any atom is 0.331 e. The van der Waals surface area contributed by atoms with Crippen LogP contribution in [0.25, 0.3) is 0 Å². The summed E-state index contributed by atoms with van der Waals surface area (Å²) in [4.78, 5) is 38.3. The molecule has 1 aromatic carbocycles. The molecule has 134 valence electrons. The summed E-state index contributed by atoms with van der Waals surface area (Å²) in [5, 5.41) is 0. The third-order valence-electron chi connectivity index (χ3n) is 3.87. The molecule has 7 heteroatoms. The predicted molar refractivity (Wildman–Crippen MR) is 90.4 cm³/mol. The number of methoxy groups -OCH3 is 1. The smallest absolute Gasteiger partial charge is 0.331 e. The van der Waals surface area contributed by atoms with E-state index in [2.05, 4.69) is 21.8 Å². The van der Waals surface area contributed by atoms with E-state index < -0.39 is 11.9 Å². The molecule has 1 fully saturated rings. The minimum absolute atomic E-state index is 0.237. The van der Waals surface area contributed by atoms with Crippen LogP contribution in [0.15, 0.2) is 42.5 Å². The van der Waals surface area contributed by atoms with Gasteiger partial charge in [-0.2, -0.15) is 0 Å². The van der Waals surface area contributed by atoms with Crippen molar-refractivity contribution in [3.8, 4) is 0 Å². The zero-order valence-corrected chi connectivity index (χ0v) is 14.2. The van der Waals surface area contributed by atoms with E-state index in [-0.39, 0.29) is 12.5 Å². The van der Waals surface area contributed by atoms with Crippen molar-refractivity contribution in [2.24, 2.45) is 0 Å². The lowest BCUT2D eigenvalue weighted by molar-refractivity contribution is -0.149. The lowest BCUT2D eigenvalue weighted by atomic mass is 10.2. The van der Waals surface area contributed by atoms with Crippen LogP contribution in [-0.2, 0) is 30.4 Å². The molecular formula is C18H22N2O5. The second-order valence-electron chi connectivity index (χ2n) is 5.61. The molecule has 0 aromatic heterocycles. The Morgan fingerprint density at radius 1 is 1.00 bits per heavy atom. The number of piperazine rings is 1. The lowest BCUT2D eigenvalue weighted by Gasteiger charge is -2.34. The molecule has 1 amide bonds. The number of benzene rings is 1. The number of hydrogen-bond donors (Lipinski definition) is 0. The molecule has 0 radical (unpaired) electrons. The molecule has 0 saturated carbocycles. The lowest BCUT2D eigenvalue weighted by Crippen LogP contribution is -2.49. The van der Waals surface area contributed by atoms with E-state index in [0.717, 1.165) is 31.8 Å². The van der Waals surface area contributed by atoms with Crippen LogP contribution in [0.5, 0.6) is 0 Å². The number of rotatable bonds is 6. The Kier molecular flexibility index (Phi) is 7.16. The van der Waals surface area contributed by atoms with Crippen LogP contribution in [0.1, 0.15) is 5.56 Å². The summed E-state index contributed by atoms with van der Waals surface area (Å²) in [6, 6.07) is 10.2. The molecule has 1 heterocycles. The third-order valence-corrected chi connectivity index (χ3v) is 3.87. The van der Waals surface area contributed by atoms with Crippen molar-refractivity contribution in [1.29, 1.82) is 0 Å². The molecule has 1 saturated heterocycles. The minimum atomic E-state index is -0.749. The highest BCUT2D eigenvalue weighted by atomic mass is 16.5. The van der Waals surface area contributed by atoms with Crippen molar-refractivity contribution in [3.63, 3.8) is 0 Å². The standard InChI is InChI=1S/C18H22N2O5/c1-24-17(22)7-8-18(23)25-14-16(21)20-11-9-19(10-12-20)13-15-5-3-2-4-6-15/h2-8H,9-14H2,1H3. The van der Waals surface area contributed by atoms with Gasteiger partial charge < -0.3 is 14.4 Å². The van der Waals surface area contributed by atoms with Gasteiger partial charge >= 0.3 is 11.9 Å². The molecule has 0 atom stereocenters. The van der Waals surface area contributed by atoms with Crippen LogP contribution in [0.3, 0.4) is 0 Å². The fourth-order valence-corrected chi connectivity index (χ4v) is 2.47. The van der Waals surface area contributed by atoms with Crippen molar-refractivity contribution in [2.75, 3.05) is 39.9 Å². The monoisotopic (exact) mass is 346 g/mol. The first-order valence-electron chi connectivity index (χ1n) is 8.05. The molecule has 2 rings (SSSR count). The Morgan fingerprint density at radius 3 is 2.28 bits per heavy atom. The van der Waals surface area contributed by atoms with Crippen molar-refractivity contribution < 1.29 is 23.9 Å². The fraction of sp³-hybridized carbons (Fsp3) is 0.389. The Bertz CT molecular complexity index is 622. The van der Waals surface area contributed by atoms with E-state index in [4.69, 9.17) is 4.74 Å². The maximum absolute atomic E-state index is 12.1. The summed E-state index contributed by atoms with van der Waals surface area (Å²) in [7, 11) is 1.21. The molecule has 1 aliphatic rings. The second kappa shape index (κ2) is 9.58. The van der Waals surface area contributed by atoms with Gasteiger partial charge in [-0.05, 0) is 5.56 Å². The van der Waals surface area contributed by atoms with Crippen LogP contribution in [0, 0.1) is 0 Å². The van der Waals surface area contributed by atoms with Gasteiger partial charge in [0.15, 0.2) is 6.61 Å². The zero-order valence-electron chi connectivity index (χ0n) is 14.2. The Labute approximate surface area is 146 Å². The quantitative estimate of drug-likeness (QED) is 0.555. The molecule has 0 unspecified atom stereocenters. The maximum atomic E-state index is 12.1. The number of ether oxygens (including phenoxy) is 2. The van der Waals surface area contributed by atoms with Gasteiger partial charge in [-0.3, -0.25) is 9.69 Å². The highest BCUT2D eigenvalue weighted by Gasteiger charge is 2.21. The van der Waals surface area contributed by atoms with Gasteiger partial charge in [0.05, 0.1) is 7.11 Å². The third kappa shape index (κ3) is 6.39. The van der Waals surface area contributed by atoms with Gasteiger partial charge in [0.1, 0.15) is 0 Å². The molecule has 0 aliphatic carbocycles. The molecule has 25 heavy (non-hydrogen) atoms. The molecule has 1 aliphatic heterocycles. The van der Waals surface area contributed by atoms with Crippen molar-refractivity contribution in [2.45, 2.75) is 6.54 Å². The van der Waals surface area contributed by atoms with Crippen LogP contribution in [0.2, 0.25) is 0 Å². The summed E-state index contributed by atoms with van der Waals surface area (Å²) in [6.45, 7) is 3.27. The normalized spacial score (nSPS) is 15.2. The summed E-state index contributed by atoms with van der Waals surface area (Å²) in [6.07, 6.45) is 1.89. The SMILES string of the molecule is COC(=O)C=CC(=O)OCC(=O)N1CCN(Cc2ccccc2)CC1. The van der Waals surface area contributed by atoms with E-state index in [1.807, 2.05) is 18.2 Å². The fourth-order valence-electron chi connectivity index (χ4n) is 2.47. The Hall–Kier alpha value is -2.67. The van der Waals surface area contributed by atoms with Gasteiger partial charge in [0.25, 0.3) is 5.91 Å². The first kappa shape index (κ1) is 18.7. The van der Waals surface area contributed by atoms with Gasteiger partial charge in [-0.15, -0.1) is 0 Å². The van der Waals surface area contributed by atoms with E-state index in [0.29, 0.717) is 13.1 Å². The van der Waals surface area contributed by atoms with Crippen molar-refractivity contribution in [1.82, 2.24) is 9.80 Å². The highest BCUT2D eigenvalue weighted by Crippen LogP contribution is 2.08. The van der Waals surface area contributed by atoms with Crippen LogP contribution in [-0.4, -0.2) is 67.5 Å². The summed E-state index contributed by atoms with van der Waals surface area (Å²) in [5.41, 5.74) is 1.24. The largest absolute Gasteiger partial charge is 0.466 e. The minimum Gasteiger partial charge on any atom is -0.466 e. The second-order valence-corrected chi connectivity index (χ2v) is 5.61. The van der Waals surface area contributed by atoms with Gasteiger partial charge in [0.2, 0.25) is 0 Å². The molecule has 0 N–H and O–H groups in total. The van der Waals surface area contributed by atoms with E-state index in [9.17, 15) is 14.4 Å². The Balaban J connectivity index is 1.69. The van der Waals surface area contributed by atoms with Crippen molar-refractivity contribution in [3.05, 3.63) is 48.0 Å². The van der Waals surface area contributed by atoms with Gasteiger partial charge in [0, 0.05) is 44.9 Å². The van der Waals surface area contributed by atoms with Gasteiger partial charge in [-0.1, -0.05) is 30.3 Å². The summed E-state index contributed by atoms with van der Waals surface area (Å²) in [5.74, 6) is -1.64. The molecule has 0 spiro atoms. The van der Waals surface area contributed by atoms with Crippen LogP contribution < -0.4 is 0 Å². The summed E-state index contributed by atoms with van der Waals surface area (Å²) < 4.78 is 9.20. The number of carbonyl (C=O) groups excluding carboxylic acids is 3. The van der Waals surface area contributed by atoms with Crippen LogP contribution >= 0.6 is 0 Å². The number of amides is 1. The number of esters is 2. The molecule has 1 aromatic rings. The summed E-state index contributed by atoms with van der Waals surface area (Å²) >= 11 is 0. The predicted octanol–water partition coefficient (Wildman–Crippen LogP) is 0.603. The first-order chi connectivity index (χ1) is 12.1. The molecule has 0 bridgehead atoms. The first-order valence-corrected chi connectivity index (χ1v) is 8.05. The number of hydrogen-bond acceptors (Lipinski definition) is 6. The number of nitrogens with zero attached hydrogens (tertiary/aromatic N) is 2. The zero-order chi connectivity index (χ0) is 18.1. The van der Waals surface area contributed by atoms with Gasteiger partial charge in [-0.25, -0.2) is 9.59 Å². The highest BCUT2D eigenvalue weighted by molar-refractivity contribution is 5.92. The Morgan fingerprint density at radius 2 is 1.64 bits per heavy atom. The molecular weight excluding hydrogens is 324 g/mol. The van der Waals surface area contributed by atoms with E-state index in [1.54, 1.807) is 4.90 Å². The average Bonchev–Trinajstić information content (AvgIpc) is 2.65. The number of carbonyl (C=O) groups is 3. The average molecular weight is 346 g/mol. The molecule has 7 nitrogen and oxygen atoms in total. The topological polar surface area (TPSA) is 76.2 Å². The van der Waals surface area contributed by atoms with Crippen molar-refractivity contribution >= 4 is 17.8 Å². The van der Waals surface area contributed by atoms with E-state index >= 15 is 0 Å².